The van der Waals surface area contributed by atoms with Crippen molar-refractivity contribution < 1.29 is 22.0 Å². The highest BCUT2D eigenvalue weighted by molar-refractivity contribution is 7.88. The highest BCUT2D eigenvalue weighted by atomic mass is 32.2. The Morgan fingerprint density at radius 1 is 1.22 bits per heavy atom. The molecule has 0 atom stereocenters. The Kier molecular flexibility index (Phi) is 7.04. The average Bonchev–Trinajstić information content (AvgIpc) is 3.27. The van der Waals surface area contributed by atoms with Gasteiger partial charge in [-0.1, -0.05) is 19.9 Å². The first-order valence-corrected chi connectivity index (χ1v) is 11.8. The number of carbonyl (C=O) groups is 1. The first kappa shape index (κ1) is 23.5. The summed E-state index contributed by atoms with van der Waals surface area (Å²) < 4.78 is 53.0. The number of anilines is 1. The highest BCUT2D eigenvalue weighted by Crippen LogP contribution is 2.26. The minimum atomic E-state index is -3.33. The summed E-state index contributed by atoms with van der Waals surface area (Å²) in [5.74, 6) is -2.27. The number of halogens is 2. The normalized spacial score (nSPS) is 11.8. The molecule has 0 unspecified atom stereocenters. The monoisotopic (exact) mass is 466 g/mol. The van der Waals surface area contributed by atoms with Gasteiger partial charge in [0.2, 0.25) is 10.0 Å². The molecule has 1 aromatic carbocycles. The lowest BCUT2D eigenvalue weighted by molar-refractivity contribution is 0.101. The van der Waals surface area contributed by atoms with Crippen molar-refractivity contribution in [1.29, 1.82) is 0 Å². The van der Waals surface area contributed by atoms with Crippen LogP contribution in [0.25, 0.3) is 11.5 Å². The molecule has 0 saturated heterocycles. The van der Waals surface area contributed by atoms with E-state index in [0.717, 1.165) is 24.1 Å². The summed E-state index contributed by atoms with van der Waals surface area (Å²) in [4.78, 5) is 20.2. The number of carbonyl (C=O) groups excluding carboxylic acids is 1. The number of H-pyrrole nitrogens is 2. The second-order valence-corrected chi connectivity index (χ2v) is 9.57. The molecule has 0 fully saturated rings. The number of amides is 1. The van der Waals surface area contributed by atoms with Crippen LogP contribution < -0.4 is 10.0 Å². The van der Waals surface area contributed by atoms with E-state index in [-0.39, 0.29) is 12.2 Å². The summed E-state index contributed by atoms with van der Waals surface area (Å²) in [6.07, 6.45) is 3.40. The van der Waals surface area contributed by atoms with Gasteiger partial charge in [0.15, 0.2) is 5.82 Å². The summed E-state index contributed by atoms with van der Waals surface area (Å²) in [5, 5.41) is 9.09. The molecule has 0 saturated carbocycles. The molecule has 0 spiro atoms. The standard InChI is InChI=1S/C20H24F2N6O3S/c1-11(2)9-15-14(7-8-24-32(3,30)31)25-19(26-15)18-16(10-23-28-18)27-20(29)17-12(21)5-4-6-13(17)22/h4-6,10-11,24H,7-9H2,1-3H3,(H,23,28)(H,25,26)(H,27,29). The highest BCUT2D eigenvalue weighted by Gasteiger charge is 2.21. The van der Waals surface area contributed by atoms with Crippen LogP contribution in [-0.4, -0.2) is 47.3 Å². The third kappa shape index (κ3) is 5.77. The van der Waals surface area contributed by atoms with Crippen molar-refractivity contribution in [2.45, 2.75) is 26.7 Å². The maximum atomic E-state index is 13.9. The van der Waals surface area contributed by atoms with Crippen LogP contribution in [0, 0.1) is 17.6 Å². The van der Waals surface area contributed by atoms with Crippen LogP contribution in [-0.2, 0) is 22.9 Å². The van der Waals surface area contributed by atoms with Crippen LogP contribution in [0.5, 0.6) is 0 Å². The molecule has 3 aromatic rings. The Morgan fingerprint density at radius 3 is 2.53 bits per heavy atom. The molecule has 0 aliphatic rings. The largest absolute Gasteiger partial charge is 0.340 e. The number of nitrogens with zero attached hydrogens (tertiary/aromatic N) is 2. The van der Waals surface area contributed by atoms with Crippen molar-refractivity contribution in [3.8, 4) is 11.5 Å². The Labute approximate surface area is 184 Å². The van der Waals surface area contributed by atoms with Gasteiger partial charge in [-0.05, 0) is 24.5 Å². The fourth-order valence-corrected chi connectivity index (χ4v) is 3.64. The minimum Gasteiger partial charge on any atom is -0.340 e. The summed E-state index contributed by atoms with van der Waals surface area (Å²) in [5.41, 5.74) is 1.28. The van der Waals surface area contributed by atoms with E-state index in [9.17, 15) is 22.0 Å². The Morgan fingerprint density at radius 2 is 1.91 bits per heavy atom. The van der Waals surface area contributed by atoms with E-state index in [1.165, 1.54) is 12.3 Å². The van der Waals surface area contributed by atoms with Gasteiger partial charge in [-0.25, -0.2) is 26.9 Å². The van der Waals surface area contributed by atoms with E-state index >= 15 is 0 Å². The number of aromatic nitrogens is 4. The van der Waals surface area contributed by atoms with Gasteiger partial charge in [-0.3, -0.25) is 9.89 Å². The average molecular weight is 467 g/mol. The quantitative estimate of drug-likeness (QED) is 0.385. The predicted molar refractivity (Wildman–Crippen MR) is 116 cm³/mol. The molecule has 32 heavy (non-hydrogen) atoms. The number of sulfonamides is 1. The second-order valence-electron chi connectivity index (χ2n) is 7.73. The van der Waals surface area contributed by atoms with Crippen molar-refractivity contribution in [2.24, 2.45) is 5.92 Å². The predicted octanol–water partition coefficient (Wildman–Crippen LogP) is 2.62. The number of hydrogen-bond donors (Lipinski definition) is 4. The van der Waals surface area contributed by atoms with Gasteiger partial charge in [0.05, 0.1) is 23.8 Å². The lowest BCUT2D eigenvalue weighted by Crippen LogP contribution is -2.24. The lowest BCUT2D eigenvalue weighted by Gasteiger charge is -2.06. The second kappa shape index (κ2) is 9.57. The Balaban J connectivity index is 1.87. The topological polar surface area (TPSA) is 133 Å². The van der Waals surface area contributed by atoms with Crippen LogP contribution in [0.1, 0.15) is 35.6 Å². The molecule has 3 rings (SSSR count). The van der Waals surface area contributed by atoms with Gasteiger partial charge >= 0.3 is 0 Å². The molecule has 2 aromatic heterocycles. The molecular weight excluding hydrogens is 442 g/mol. The number of benzene rings is 1. The van der Waals surface area contributed by atoms with Gasteiger partial charge in [-0.2, -0.15) is 5.10 Å². The maximum Gasteiger partial charge on any atom is 0.261 e. The molecule has 0 radical (unpaired) electrons. The van der Waals surface area contributed by atoms with Crippen molar-refractivity contribution in [2.75, 3.05) is 18.1 Å². The smallest absolute Gasteiger partial charge is 0.261 e. The zero-order valence-electron chi connectivity index (χ0n) is 17.8. The molecule has 1 amide bonds. The zero-order chi connectivity index (χ0) is 23.5. The van der Waals surface area contributed by atoms with Crippen molar-refractivity contribution in [1.82, 2.24) is 24.9 Å². The van der Waals surface area contributed by atoms with Crippen LogP contribution in [0.15, 0.2) is 24.4 Å². The number of aromatic amines is 2. The fourth-order valence-electron chi connectivity index (χ4n) is 3.16. The third-order valence-electron chi connectivity index (χ3n) is 4.52. The first-order valence-electron chi connectivity index (χ1n) is 9.86. The van der Waals surface area contributed by atoms with Gasteiger partial charge in [0.25, 0.3) is 5.91 Å². The van der Waals surface area contributed by atoms with Crippen LogP contribution in [0.3, 0.4) is 0 Å². The van der Waals surface area contributed by atoms with Crippen molar-refractivity contribution in [3.63, 3.8) is 0 Å². The van der Waals surface area contributed by atoms with Crippen LogP contribution >= 0.6 is 0 Å². The maximum absolute atomic E-state index is 13.9. The number of rotatable bonds is 9. The van der Waals surface area contributed by atoms with E-state index in [0.29, 0.717) is 36.0 Å². The van der Waals surface area contributed by atoms with E-state index in [1.807, 2.05) is 13.8 Å². The zero-order valence-corrected chi connectivity index (χ0v) is 18.6. The van der Waals surface area contributed by atoms with Gasteiger partial charge in [0, 0.05) is 18.7 Å². The number of hydrogen-bond acceptors (Lipinski definition) is 5. The number of nitrogens with one attached hydrogen (secondary N) is 4. The molecule has 0 bridgehead atoms. The van der Waals surface area contributed by atoms with Crippen LogP contribution in [0.4, 0.5) is 14.5 Å². The molecule has 9 nitrogen and oxygen atoms in total. The minimum absolute atomic E-state index is 0.174. The SMILES string of the molecule is CC(C)Cc1[nH]c(-c2[nH]ncc2NC(=O)c2c(F)cccc2F)nc1CCNS(C)(=O)=O. The third-order valence-corrected chi connectivity index (χ3v) is 5.25. The molecule has 172 valence electrons. The molecular formula is C20H24F2N6O3S. The molecule has 12 heteroatoms. The fraction of sp³-hybridized carbons (Fsp3) is 0.350. The molecule has 0 aliphatic carbocycles. The van der Waals surface area contributed by atoms with E-state index in [2.05, 4.69) is 30.2 Å². The summed E-state index contributed by atoms with van der Waals surface area (Å²) in [6.45, 7) is 4.24. The molecule has 0 aliphatic heterocycles. The summed E-state index contributed by atoms with van der Waals surface area (Å²) >= 11 is 0. The lowest BCUT2D eigenvalue weighted by atomic mass is 10.1. The molecule has 4 N–H and O–H groups in total. The van der Waals surface area contributed by atoms with Gasteiger partial charge in [0.1, 0.15) is 22.9 Å². The first-order chi connectivity index (χ1) is 15.0. The molecule has 2 heterocycles. The van der Waals surface area contributed by atoms with E-state index in [4.69, 9.17) is 0 Å². The Hall–Kier alpha value is -3.12. The van der Waals surface area contributed by atoms with Crippen molar-refractivity contribution >= 4 is 21.6 Å². The van der Waals surface area contributed by atoms with E-state index in [1.54, 1.807) is 0 Å². The number of imidazole rings is 1. The van der Waals surface area contributed by atoms with Gasteiger partial charge < -0.3 is 10.3 Å². The summed E-state index contributed by atoms with van der Waals surface area (Å²) in [6, 6.07) is 3.16. The van der Waals surface area contributed by atoms with Gasteiger partial charge in [-0.15, -0.1) is 0 Å². The van der Waals surface area contributed by atoms with Crippen molar-refractivity contribution in [3.05, 3.63) is 53.0 Å². The summed E-state index contributed by atoms with van der Waals surface area (Å²) in [7, 11) is -3.33. The van der Waals surface area contributed by atoms with Crippen LogP contribution in [0.2, 0.25) is 0 Å². The van der Waals surface area contributed by atoms with E-state index < -0.39 is 33.1 Å². The Bertz CT molecular complexity index is 1200.